The van der Waals surface area contributed by atoms with Gasteiger partial charge in [-0.1, -0.05) is 85.2 Å². The number of benzene rings is 2. The third-order valence-electron chi connectivity index (χ3n) is 7.68. The van der Waals surface area contributed by atoms with Crippen LogP contribution in [0.4, 0.5) is 0 Å². The number of allylic oxidation sites excluding steroid dienone is 2. The normalized spacial score (nSPS) is 19.3. The molecule has 0 saturated carbocycles. The van der Waals surface area contributed by atoms with Gasteiger partial charge in [0.15, 0.2) is 0 Å². The average Bonchev–Trinajstić information content (AvgIpc) is 3.44. The molecular formula is C35H45ClN4O3. The van der Waals surface area contributed by atoms with Crippen LogP contribution in [0, 0.1) is 11.8 Å². The highest BCUT2D eigenvalue weighted by atomic mass is 35.5. The molecule has 1 saturated heterocycles. The van der Waals surface area contributed by atoms with Crippen LogP contribution in [0.25, 0.3) is 22.8 Å². The predicted molar refractivity (Wildman–Crippen MR) is 174 cm³/mol. The van der Waals surface area contributed by atoms with Gasteiger partial charge in [-0.2, -0.15) is 4.98 Å². The summed E-state index contributed by atoms with van der Waals surface area (Å²) in [7, 11) is 0. The zero-order valence-electron chi connectivity index (χ0n) is 26.0. The smallest absolute Gasteiger partial charge is 0.306 e. The van der Waals surface area contributed by atoms with Gasteiger partial charge in [0, 0.05) is 27.2 Å². The summed E-state index contributed by atoms with van der Waals surface area (Å²) in [6.07, 6.45) is 12.8. The highest BCUT2D eigenvalue weighted by molar-refractivity contribution is 6.31. The standard InChI is InChI=1S/C31H34ClN3O3.C4H11N/c1-21(2)18-25-10-11-26(19-27(25)32)29-33-28(34-38-29)23-8-6-22(7-9-23)20-31(14-4-3-5-15-31)35-16-12-24(13-17-35)30(36)37;1-4(2,3)5/h3-11,14,19,21,24H,12-13,15-18,20H2,1-2H3,(H,36,37);5H2,1-3H3. The van der Waals surface area contributed by atoms with Gasteiger partial charge >= 0.3 is 5.97 Å². The number of rotatable bonds is 8. The molecule has 1 aliphatic carbocycles. The minimum absolute atomic E-state index is 0. The Labute approximate surface area is 260 Å². The molecular weight excluding hydrogens is 560 g/mol. The molecule has 7 nitrogen and oxygen atoms in total. The first kappa shape index (κ1) is 32.6. The number of carboxylic acids is 1. The zero-order valence-corrected chi connectivity index (χ0v) is 26.8. The van der Waals surface area contributed by atoms with E-state index >= 15 is 0 Å². The van der Waals surface area contributed by atoms with Crippen LogP contribution in [0.5, 0.6) is 0 Å². The lowest BCUT2D eigenvalue weighted by molar-refractivity contribution is -0.143. The molecule has 8 heteroatoms. The second kappa shape index (κ2) is 14.0. The average molecular weight is 605 g/mol. The summed E-state index contributed by atoms with van der Waals surface area (Å²) in [6, 6.07) is 14.2. The molecule has 2 heterocycles. The van der Waals surface area contributed by atoms with Crippen molar-refractivity contribution >= 4 is 17.6 Å². The van der Waals surface area contributed by atoms with Crippen molar-refractivity contribution in [3.8, 4) is 22.8 Å². The number of likely N-dealkylation sites (tertiary alicyclic amines) is 1. The molecule has 1 aliphatic heterocycles. The molecule has 3 aromatic rings. The fourth-order valence-electron chi connectivity index (χ4n) is 5.57. The van der Waals surface area contributed by atoms with E-state index in [1.807, 2.05) is 51.1 Å². The van der Waals surface area contributed by atoms with Crippen LogP contribution in [0.3, 0.4) is 0 Å². The van der Waals surface area contributed by atoms with Crippen molar-refractivity contribution in [2.45, 2.75) is 77.8 Å². The molecule has 1 unspecified atom stereocenters. The number of aromatic nitrogens is 2. The lowest BCUT2D eigenvalue weighted by atomic mass is 9.81. The molecule has 2 aliphatic rings. The van der Waals surface area contributed by atoms with Crippen molar-refractivity contribution in [1.29, 1.82) is 0 Å². The number of halogens is 1. The third-order valence-corrected chi connectivity index (χ3v) is 8.03. The maximum absolute atomic E-state index is 11.4. The minimum Gasteiger partial charge on any atom is -0.481 e. The Morgan fingerprint density at radius 2 is 1.77 bits per heavy atom. The van der Waals surface area contributed by atoms with E-state index in [0.29, 0.717) is 35.5 Å². The summed E-state index contributed by atoms with van der Waals surface area (Å²) >= 11 is 6.50. The van der Waals surface area contributed by atoms with Crippen molar-refractivity contribution in [3.63, 3.8) is 0 Å². The Hall–Kier alpha value is -3.26. The molecule has 1 atom stereocenters. The van der Waals surface area contributed by atoms with Gasteiger partial charge in [-0.3, -0.25) is 9.69 Å². The molecule has 0 amide bonds. The number of hydrogen-bond donors (Lipinski definition) is 2. The molecule has 0 spiro atoms. The number of piperidine rings is 1. The van der Waals surface area contributed by atoms with E-state index in [-0.39, 0.29) is 17.0 Å². The van der Waals surface area contributed by atoms with Crippen molar-refractivity contribution in [1.82, 2.24) is 15.0 Å². The largest absolute Gasteiger partial charge is 0.481 e. The van der Waals surface area contributed by atoms with Crippen LogP contribution >= 0.6 is 11.6 Å². The second-order valence-electron chi connectivity index (χ2n) is 13.3. The Morgan fingerprint density at radius 1 is 1.12 bits per heavy atom. The highest BCUT2D eigenvalue weighted by Gasteiger charge is 2.37. The van der Waals surface area contributed by atoms with E-state index in [4.69, 9.17) is 21.9 Å². The molecule has 0 bridgehead atoms. The van der Waals surface area contributed by atoms with Gasteiger partial charge in [-0.15, -0.1) is 0 Å². The van der Waals surface area contributed by atoms with Crippen LogP contribution < -0.4 is 5.73 Å². The van der Waals surface area contributed by atoms with E-state index in [9.17, 15) is 9.90 Å². The molecule has 3 N–H and O–H groups in total. The van der Waals surface area contributed by atoms with E-state index in [2.05, 4.69) is 65.3 Å². The van der Waals surface area contributed by atoms with Crippen molar-refractivity contribution in [2.75, 3.05) is 13.1 Å². The molecule has 43 heavy (non-hydrogen) atoms. The fourth-order valence-corrected chi connectivity index (χ4v) is 5.83. The topological polar surface area (TPSA) is 105 Å². The maximum Gasteiger partial charge on any atom is 0.306 e. The number of carboxylic acid groups (broad SMARTS) is 1. The van der Waals surface area contributed by atoms with E-state index in [0.717, 1.165) is 49.0 Å². The Bertz CT molecular complexity index is 1420. The summed E-state index contributed by atoms with van der Waals surface area (Å²) < 4.78 is 5.57. The van der Waals surface area contributed by atoms with Gasteiger partial charge in [0.25, 0.3) is 5.89 Å². The fraction of sp³-hybridized carbons (Fsp3) is 0.457. The molecule has 5 rings (SSSR count). The predicted octanol–water partition coefficient (Wildman–Crippen LogP) is 7.59. The van der Waals surface area contributed by atoms with E-state index in [1.165, 1.54) is 5.56 Å². The summed E-state index contributed by atoms with van der Waals surface area (Å²) in [4.78, 5) is 18.5. The summed E-state index contributed by atoms with van der Waals surface area (Å²) in [5.41, 5.74) is 9.25. The summed E-state index contributed by atoms with van der Waals surface area (Å²) in [5.74, 6) is 0.606. The maximum atomic E-state index is 11.4. The second-order valence-corrected chi connectivity index (χ2v) is 13.7. The SMILES string of the molecule is CC(C)(C)N.CC(C)Cc1ccc(-c2nc(-c3ccc(CC4(N5CCC(C(=O)O)CC5)C=CC=CC4)cc3)no2)cc1Cl. The number of carbonyl (C=O) groups is 1. The van der Waals surface area contributed by atoms with Gasteiger partial charge in [0.1, 0.15) is 0 Å². The van der Waals surface area contributed by atoms with Crippen LogP contribution in [-0.2, 0) is 17.6 Å². The van der Waals surface area contributed by atoms with Gasteiger partial charge in [-0.05, 0) is 95.1 Å². The molecule has 1 fully saturated rings. The Morgan fingerprint density at radius 3 is 2.33 bits per heavy atom. The molecule has 1 aromatic heterocycles. The van der Waals surface area contributed by atoms with Gasteiger partial charge < -0.3 is 15.4 Å². The van der Waals surface area contributed by atoms with Crippen LogP contribution in [0.1, 0.15) is 65.0 Å². The first-order chi connectivity index (χ1) is 20.3. The quantitative estimate of drug-likeness (QED) is 0.273. The minimum atomic E-state index is -0.677. The van der Waals surface area contributed by atoms with Gasteiger partial charge in [-0.25, -0.2) is 0 Å². The summed E-state index contributed by atoms with van der Waals surface area (Å²) in [6.45, 7) is 11.8. The number of hydrogen-bond acceptors (Lipinski definition) is 6. The Balaban J connectivity index is 0.000000782. The van der Waals surface area contributed by atoms with Gasteiger partial charge in [0.05, 0.1) is 5.92 Å². The Kier molecular flexibility index (Phi) is 10.6. The van der Waals surface area contributed by atoms with E-state index < -0.39 is 5.97 Å². The number of nitrogens with zero attached hydrogens (tertiary/aromatic N) is 3. The lowest BCUT2D eigenvalue weighted by Gasteiger charge is -2.46. The first-order valence-corrected chi connectivity index (χ1v) is 15.5. The van der Waals surface area contributed by atoms with Crippen molar-refractivity contribution in [3.05, 3.63) is 82.9 Å². The number of nitrogens with two attached hydrogens (primary N) is 1. The van der Waals surface area contributed by atoms with Crippen LogP contribution in [0.2, 0.25) is 5.02 Å². The first-order valence-electron chi connectivity index (χ1n) is 15.2. The molecule has 0 radical (unpaired) electrons. The molecule has 230 valence electrons. The van der Waals surface area contributed by atoms with E-state index in [1.54, 1.807) is 0 Å². The highest BCUT2D eigenvalue weighted by Crippen LogP contribution is 2.34. The van der Waals surface area contributed by atoms with Crippen LogP contribution in [-0.4, -0.2) is 50.3 Å². The van der Waals surface area contributed by atoms with Crippen LogP contribution in [0.15, 0.2) is 71.3 Å². The number of aliphatic carboxylic acids is 1. The zero-order chi connectivity index (χ0) is 31.2. The lowest BCUT2D eigenvalue weighted by Crippen LogP contribution is -2.53. The summed E-state index contributed by atoms with van der Waals surface area (Å²) in [5, 5.41) is 14.3. The monoisotopic (exact) mass is 604 g/mol. The van der Waals surface area contributed by atoms with Crippen molar-refractivity contribution < 1.29 is 14.4 Å². The van der Waals surface area contributed by atoms with Gasteiger partial charge in [0.2, 0.25) is 5.82 Å². The molecule has 2 aromatic carbocycles. The third kappa shape index (κ3) is 9.12. The van der Waals surface area contributed by atoms with Crippen molar-refractivity contribution in [2.24, 2.45) is 17.6 Å².